The lowest BCUT2D eigenvalue weighted by molar-refractivity contribution is 0.160. The smallest absolute Gasteiger partial charge is 0.413 e. The minimum Gasteiger partial charge on any atom is -0.449 e. The molecule has 7 heteroatoms. The van der Waals surface area contributed by atoms with Crippen LogP contribution < -0.4 is 5.32 Å². The summed E-state index contributed by atoms with van der Waals surface area (Å²) in [5, 5.41) is 10.6. The highest BCUT2D eigenvalue weighted by molar-refractivity contribution is 8.00. The molecule has 0 spiro atoms. The molecule has 15 heavy (non-hydrogen) atoms. The molecule has 0 radical (unpaired) electrons. The van der Waals surface area contributed by atoms with Crippen molar-refractivity contribution in [1.29, 1.82) is 0 Å². The van der Waals surface area contributed by atoms with Crippen LogP contribution in [-0.2, 0) is 4.74 Å². The van der Waals surface area contributed by atoms with Crippen LogP contribution >= 0.6 is 23.1 Å². The number of nitrogens with one attached hydrogen (secondary N) is 1. The Labute approximate surface area is 96.6 Å². The van der Waals surface area contributed by atoms with Crippen LogP contribution in [0.3, 0.4) is 0 Å². The van der Waals surface area contributed by atoms with Crippen molar-refractivity contribution in [3.63, 3.8) is 0 Å². The van der Waals surface area contributed by atoms with Crippen molar-refractivity contribution in [3.8, 4) is 0 Å². The fourth-order valence-electron chi connectivity index (χ4n) is 0.775. The molecule has 0 aliphatic rings. The first-order chi connectivity index (χ1) is 7.26. The Morgan fingerprint density at radius 1 is 1.60 bits per heavy atom. The minimum absolute atomic E-state index is 0.441. The van der Waals surface area contributed by atoms with E-state index in [9.17, 15) is 4.79 Å². The fourth-order valence-corrected chi connectivity index (χ4v) is 1.93. The van der Waals surface area contributed by atoms with Crippen LogP contribution in [0.2, 0.25) is 0 Å². The number of carbonyl (C=O) groups excluding carboxylic acids is 1. The zero-order valence-corrected chi connectivity index (χ0v) is 10.3. The van der Waals surface area contributed by atoms with Crippen molar-refractivity contribution in [3.05, 3.63) is 0 Å². The fraction of sp³-hybridized carbons (Fsp3) is 0.625. The van der Waals surface area contributed by atoms with E-state index in [-0.39, 0.29) is 0 Å². The van der Waals surface area contributed by atoms with E-state index in [4.69, 9.17) is 4.74 Å². The summed E-state index contributed by atoms with van der Waals surface area (Å²) in [6, 6.07) is 0. The molecule has 0 aliphatic heterocycles. The third-order valence-electron chi connectivity index (χ3n) is 1.52. The zero-order valence-electron chi connectivity index (χ0n) is 8.65. The SMILES string of the molecule is CCCCOC(=O)Nc1nnc(SC)s1. The molecule has 0 atom stereocenters. The predicted molar refractivity (Wildman–Crippen MR) is 61.6 cm³/mol. The van der Waals surface area contributed by atoms with Crippen LogP contribution in [0.15, 0.2) is 4.34 Å². The van der Waals surface area contributed by atoms with Gasteiger partial charge in [0.2, 0.25) is 5.13 Å². The van der Waals surface area contributed by atoms with Crippen molar-refractivity contribution in [2.75, 3.05) is 18.2 Å². The van der Waals surface area contributed by atoms with Gasteiger partial charge in [0.1, 0.15) is 0 Å². The number of anilines is 1. The van der Waals surface area contributed by atoms with Crippen molar-refractivity contribution < 1.29 is 9.53 Å². The van der Waals surface area contributed by atoms with Crippen LogP contribution in [0.1, 0.15) is 19.8 Å². The van der Waals surface area contributed by atoms with E-state index in [0.717, 1.165) is 17.2 Å². The summed E-state index contributed by atoms with van der Waals surface area (Å²) < 4.78 is 5.73. The van der Waals surface area contributed by atoms with Gasteiger partial charge in [0.15, 0.2) is 4.34 Å². The lowest BCUT2D eigenvalue weighted by atomic mass is 10.4. The normalized spacial score (nSPS) is 10.0. The Kier molecular flexibility index (Phi) is 5.41. The maximum atomic E-state index is 11.2. The largest absolute Gasteiger partial charge is 0.449 e. The molecule has 1 amide bonds. The van der Waals surface area contributed by atoms with Crippen LogP contribution in [0, 0.1) is 0 Å². The van der Waals surface area contributed by atoms with Crippen molar-refractivity contribution in [2.45, 2.75) is 24.1 Å². The lowest BCUT2D eigenvalue weighted by Gasteiger charge is -2.02. The number of nitrogens with zero attached hydrogens (tertiary/aromatic N) is 2. The monoisotopic (exact) mass is 247 g/mol. The summed E-state index contributed by atoms with van der Waals surface area (Å²) >= 11 is 2.82. The first kappa shape index (κ1) is 12.3. The molecule has 1 heterocycles. The van der Waals surface area contributed by atoms with Crippen molar-refractivity contribution in [1.82, 2.24) is 10.2 Å². The third kappa shape index (κ3) is 4.48. The molecule has 0 saturated heterocycles. The molecule has 0 unspecified atom stereocenters. The maximum Gasteiger partial charge on any atom is 0.413 e. The molecular formula is C8H13N3O2S2. The number of thioether (sulfide) groups is 1. The number of hydrogen-bond acceptors (Lipinski definition) is 6. The number of aromatic nitrogens is 2. The Morgan fingerprint density at radius 2 is 2.40 bits per heavy atom. The van der Waals surface area contributed by atoms with E-state index in [1.54, 1.807) is 0 Å². The zero-order chi connectivity index (χ0) is 11.1. The summed E-state index contributed by atoms with van der Waals surface area (Å²) in [6.45, 7) is 2.48. The molecule has 1 N–H and O–H groups in total. The Morgan fingerprint density at radius 3 is 3.00 bits per heavy atom. The van der Waals surface area contributed by atoms with E-state index >= 15 is 0 Å². The van der Waals surface area contributed by atoms with Gasteiger partial charge in [-0.25, -0.2) is 4.79 Å². The van der Waals surface area contributed by atoms with Gasteiger partial charge in [0.25, 0.3) is 0 Å². The molecule has 1 aromatic rings. The molecule has 5 nitrogen and oxygen atoms in total. The minimum atomic E-state index is -0.466. The highest BCUT2D eigenvalue weighted by Gasteiger charge is 2.07. The standard InChI is InChI=1S/C8H13N3O2S2/c1-3-4-5-13-7(12)9-6-10-11-8(14-2)15-6/h3-5H2,1-2H3,(H,9,10,12). The van der Waals surface area contributed by atoms with Gasteiger partial charge in [0, 0.05) is 0 Å². The molecular weight excluding hydrogens is 234 g/mol. The second-order valence-corrected chi connectivity index (χ2v) is 4.72. The number of ether oxygens (including phenoxy) is 1. The number of unbranched alkanes of at least 4 members (excludes halogenated alkanes) is 1. The average molecular weight is 247 g/mol. The van der Waals surface area contributed by atoms with Crippen LogP contribution in [0.25, 0.3) is 0 Å². The van der Waals surface area contributed by atoms with Crippen molar-refractivity contribution in [2.24, 2.45) is 0 Å². The number of rotatable bonds is 5. The van der Waals surface area contributed by atoms with Gasteiger partial charge < -0.3 is 4.74 Å². The molecule has 0 aromatic carbocycles. The number of hydrogen-bond donors (Lipinski definition) is 1. The first-order valence-electron chi connectivity index (χ1n) is 4.57. The second-order valence-electron chi connectivity index (χ2n) is 2.69. The van der Waals surface area contributed by atoms with E-state index in [1.165, 1.54) is 23.1 Å². The van der Waals surface area contributed by atoms with E-state index < -0.39 is 6.09 Å². The van der Waals surface area contributed by atoms with Gasteiger partial charge in [-0.1, -0.05) is 36.4 Å². The molecule has 0 saturated carbocycles. The average Bonchev–Trinajstić information content (AvgIpc) is 2.66. The quantitative estimate of drug-likeness (QED) is 0.492. The summed E-state index contributed by atoms with van der Waals surface area (Å²) in [7, 11) is 0. The molecule has 1 aromatic heterocycles. The number of carbonyl (C=O) groups is 1. The Bertz CT molecular complexity index is 317. The first-order valence-corrected chi connectivity index (χ1v) is 6.61. The van der Waals surface area contributed by atoms with Gasteiger partial charge >= 0.3 is 6.09 Å². The lowest BCUT2D eigenvalue weighted by Crippen LogP contribution is -2.14. The summed E-state index contributed by atoms with van der Waals surface area (Å²) in [5.41, 5.74) is 0. The molecule has 1 rings (SSSR count). The van der Waals surface area contributed by atoms with E-state index in [1.807, 2.05) is 13.2 Å². The predicted octanol–water partition coefficient (Wildman–Crippen LogP) is 2.61. The molecule has 0 fully saturated rings. The number of amides is 1. The third-order valence-corrected chi connectivity index (χ3v) is 3.34. The van der Waals surface area contributed by atoms with Gasteiger partial charge in [-0.15, -0.1) is 10.2 Å². The van der Waals surface area contributed by atoms with Crippen molar-refractivity contribution >= 4 is 34.3 Å². The van der Waals surface area contributed by atoms with Gasteiger partial charge in [-0.3, -0.25) is 5.32 Å². The highest BCUT2D eigenvalue weighted by Crippen LogP contribution is 2.22. The van der Waals surface area contributed by atoms with Gasteiger partial charge in [-0.05, 0) is 12.7 Å². The molecule has 0 bridgehead atoms. The summed E-state index contributed by atoms with van der Waals surface area (Å²) in [4.78, 5) is 11.2. The van der Waals surface area contributed by atoms with E-state index in [0.29, 0.717) is 11.7 Å². The Balaban J connectivity index is 2.31. The summed E-state index contributed by atoms with van der Waals surface area (Å²) in [6.07, 6.45) is 3.32. The van der Waals surface area contributed by atoms with Crippen LogP contribution in [0.4, 0.5) is 9.93 Å². The highest BCUT2D eigenvalue weighted by atomic mass is 32.2. The van der Waals surface area contributed by atoms with Crippen LogP contribution in [0.5, 0.6) is 0 Å². The Hall–Kier alpha value is -0.820. The molecule has 84 valence electrons. The second kappa shape index (κ2) is 6.62. The van der Waals surface area contributed by atoms with Gasteiger partial charge in [-0.2, -0.15) is 0 Å². The molecule has 0 aliphatic carbocycles. The van der Waals surface area contributed by atoms with E-state index in [2.05, 4.69) is 15.5 Å². The maximum absolute atomic E-state index is 11.2. The van der Waals surface area contributed by atoms with Gasteiger partial charge in [0.05, 0.1) is 6.61 Å². The van der Waals surface area contributed by atoms with Crippen LogP contribution in [-0.4, -0.2) is 29.2 Å². The topological polar surface area (TPSA) is 64.1 Å². The summed E-state index contributed by atoms with van der Waals surface area (Å²) in [5.74, 6) is 0.